The molecule has 2 saturated heterocycles. The zero-order chi connectivity index (χ0) is 19.5. The van der Waals surface area contributed by atoms with Gasteiger partial charge < -0.3 is 23.7 Å². The highest BCUT2D eigenvalue weighted by Crippen LogP contribution is 2.27. The Morgan fingerprint density at radius 2 is 1.93 bits per heavy atom. The summed E-state index contributed by atoms with van der Waals surface area (Å²) in [7, 11) is 0. The summed E-state index contributed by atoms with van der Waals surface area (Å²) in [6.07, 6.45) is 1.41. The molecule has 2 aliphatic heterocycles. The van der Waals surface area contributed by atoms with Crippen LogP contribution in [0, 0.1) is 6.92 Å². The highest BCUT2D eigenvalue weighted by Gasteiger charge is 2.44. The maximum absolute atomic E-state index is 13.1. The molecule has 2 aliphatic rings. The first-order valence-electron chi connectivity index (χ1n) is 9.43. The summed E-state index contributed by atoms with van der Waals surface area (Å²) in [6, 6.07) is 8.83. The van der Waals surface area contributed by atoms with E-state index < -0.39 is 6.04 Å². The Hall–Kier alpha value is -2.87. The van der Waals surface area contributed by atoms with Crippen LogP contribution in [-0.2, 0) is 9.53 Å². The van der Waals surface area contributed by atoms with Crippen molar-refractivity contribution >= 4 is 11.8 Å². The predicted molar refractivity (Wildman–Crippen MR) is 98.9 cm³/mol. The van der Waals surface area contributed by atoms with Gasteiger partial charge in [-0.2, -0.15) is 0 Å². The van der Waals surface area contributed by atoms with Gasteiger partial charge in [-0.15, -0.1) is 0 Å². The quantitative estimate of drug-likeness (QED) is 0.793. The van der Waals surface area contributed by atoms with Gasteiger partial charge in [0.2, 0.25) is 11.7 Å². The maximum atomic E-state index is 13.1. The first-order valence-corrected chi connectivity index (χ1v) is 9.43. The summed E-state index contributed by atoms with van der Waals surface area (Å²) in [5.41, 5.74) is 0.509. The van der Waals surface area contributed by atoms with Crippen LogP contribution in [0.5, 0.6) is 5.75 Å². The Balaban J connectivity index is 1.55. The largest absolute Gasteiger partial charge is 0.488 e. The number of nitrogens with zero attached hydrogens (tertiary/aromatic N) is 3. The summed E-state index contributed by atoms with van der Waals surface area (Å²) >= 11 is 0. The molecule has 4 rings (SSSR count). The second kappa shape index (κ2) is 8.02. The molecule has 3 heterocycles. The summed E-state index contributed by atoms with van der Waals surface area (Å²) in [5.74, 6) is 0.476. The SMILES string of the molecule is Cc1ncoc1C(=O)N1C[C@@H](Oc2ccccc2)C[C@H]1C(=O)N1CCOCC1. The number of hydrogen-bond donors (Lipinski definition) is 0. The molecule has 0 aliphatic carbocycles. The van der Waals surface area contributed by atoms with Crippen LogP contribution in [0.3, 0.4) is 0 Å². The third-order valence-electron chi connectivity index (χ3n) is 5.12. The Bertz CT molecular complexity index is 831. The number of amides is 2. The Kier molecular flexibility index (Phi) is 5.29. The lowest BCUT2D eigenvalue weighted by atomic mass is 10.1. The second-order valence-electron chi connectivity index (χ2n) is 6.97. The first-order chi connectivity index (χ1) is 13.6. The van der Waals surface area contributed by atoms with Crippen molar-refractivity contribution in [1.29, 1.82) is 0 Å². The minimum absolute atomic E-state index is 0.0759. The van der Waals surface area contributed by atoms with Gasteiger partial charge in [0.1, 0.15) is 17.9 Å². The lowest BCUT2D eigenvalue weighted by Gasteiger charge is -2.32. The van der Waals surface area contributed by atoms with Crippen molar-refractivity contribution in [3.05, 3.63) is 48.2 Å². The molecule has 2 aromatic rings. The number of likely N-dealkylation sites (tertiary alicyclic amines) is 1. The molecule has 1 aromatic heterocycles. The van der Waals surface area contributed by atoms with Crippen molar-refractivity contribution in [2.24, 2.45) is 0 Å². The van der Waals surface area contributed by atoms with E-state index in [1.165, 1.54) is 6.39 Å². The number of hydrogen-bond acceptors (Lipinski definition) is 6. The molecule has 1 aromatic carbocycles. The second-order valence-corrected chi connectivity index (χ2v) is 6.97. The minimum atomic E-state index is -0.594. The number of rotatable bonds is 4. The molecule has 0 N–H and O–H groups in total. The van der Waals surface area contributed by atoms with Crippen LogP contribution in [0.25, 0.3) is 0 Å². The van der Waals surface area contributed by atoms with Gasteiger partial charge >= 0.3 is 0 Å². The van der Waals surface area contributed by atoms with Crippen molar-refractivity contribution in [2.45, 2.75) is 25.5 Å². The van der Waals surface area contributed by atoms with Gasteiger partial charge in [0.25, 0.3) is 5.91 Å². The topological polar surface area (TPSA) is 85.1 Å². The monoisotopic (exact) mass is 385 g/mol. The van der Waals surface area contributed by atoms with E-state index in [1.807, 2.05) is 30.3 Å². The highest BCUT2D eigenvalue weighted by molar-refractivity contribution is 5.96. The number of benzene rings is 1. The highest BCUT2D eigenvalue weighted by atomic mass is 16.5. The number of carbonyl (C=O) groups excluding carboxylic acids is 2. The van der Waals surface area contributed by atoms with E-state index in [1.54, 1.807) is 16.7 Å². The van der Waals surface area contributed by atoms with Crippen LogP contribution in [0.1, 0.15) is 22.7 Å². The van der Waals surface area contributed by atoms with E-state index in [0.717, 1.165) is 5.75 Å². The van der Waals surface area contributed by atoms with E-state index >= 15 is 0 Å². The number of oxazole rings is 1. The summed E-state index contributed by atoms with van der Waals surface area (Å²) in [4.78, 5) is 33.5. The smallest absolute Gasteiger partial charge is 0.292 e. The van der Waals surface area contributed by atoms with Crippen LogP contribution in [0.15, 0.2) is 41.1 Å². The molecule has 0 spiro atoms. The number of aryl methyl sites for hydroxylation is 1. The Morgan fingerprint density at radius 1 is 1.18 bits per heavy atom. The number of aromatic nitrogens is 1. The zero-order valence-corrected chi connectivity index (χ0v) is 15.7. The van der Waals surface area contributed by atoms with Crippen molar-refractivity contribution in [3.63, 3.8) is 0 Å². The normalized spacial score (nSPS) is 22.3. The lowest BCUT2D eigenvalue weighted by Crippen LogP contribution is -2.51. The lowest BCUT2D eigenvalue weighted by molar-refractivity contribution is -0.139. The number of morpholine rings is 1. The molecular formula is C20H23N3O5. The molecule has 0 radical (unpaired) electrons. The fourth-order valence-corrected chi connectivity index (χ4v) is 3.66. The molecule has 8 heteroatoms. The van der Waals surface area contributed by atoms with Crippen molar-refractivity contribution in [1.82, 2.24) is 14.8 Å². The molecule has 0 saturated carbocycles. The van der Waals surface area contributed by atoms with Gasteiger partial charge in [-0.25, -0.2) is 4.98 Å². The molecule has 8 nitrogen and oxygen atoms in total. The molecule has 0 unspecified atom stereocenters. The summed E-state index contributed by atoms with van der Waals surface area (Å²) < 4.78 is 16.7. The van der Waals surface area contributed by atoms with E-state index in [4.69, 9.17) is 13.9 Å². The third-order valence-corrected chi connectivity index (χ3v) is 5.12. The van der Waals surface area contributed by atoms with E-state index in [0.29, 0.717) is 45.0 Å². The van der Waals surface area contributed by atoms with Gasteiger partial charge in [-0.3, -0.25) is 9.59 Å². The zero-order valence-electron chi connectivity index (χ0n) is 15.7. The van der Waals surface area contributed by atoms with Gasteiger partial charge in [0.05, 0.1) is 25.5 Å². The van der Waals surface area contributed by atoms with Crippen molar-refractivity contribution in [2.75, 3.05) is 32.8 Å². The fourth-order valence-electron chi connectivity index (χ4n) is 3.66. The fraction of sp³-hybridized carbons (Fsp3) is 0.450. The van der Waals surface area contributed by atoms with Gasteiger partial charge in [0.15, 0.2) is 6.39 Å². The maximum Gasteiger partial charge on any atom is 0.292 e. The van der Waals surface area contributed by atoms with E-state index in [-0.39, 0.29) is 23.7 Å². The molecule has 28 heavy (non-hydrogen) atoms. The van der Waals surface area contributed by atoms with Crippen molar-refractivity contribution in [3.8, 4) is 5.75 Å². The van der Waals surface area contributed by atoms with Gasteiger partial charge in [-0.05, 0) is 19.1 Å². The van der Waals surface area contributed by atoms with Crippen LogP contribution in [0.2, 0.25) is 0 Å². The predicted octanol–water partition coefficient (Wildman–Crippen LogP) is 1.50. The van der Waals surface area contributed by atoms with Crippen LogP contribution in [-0.4, -0.2) is 71.6 Å². The van der Waals surface area contributed by atoms with Crippen LogP contribution < -0.4 is 4.74 Å². The average molecular weight is 385 g/mol. The molecular weight excluding hydrogens is 362 g/mol. The van der Waals surface area contributed by atoms with Crippen molar-refractivity contribution < 1.29 is 23.5 Å². The third kappa shape index (κ3) is 3.73. The molecule has 2 fully saturated rings. The van der Waals surface area contributed by atoms with E-state index in [2.05, 4.69) is 4.98 Å². The number of ether oxygens (including phenoxy) is 2. The summed E-state index contributed by atoms with van der Waals surface area (Å²) in [5, 5.41) is 0. The van der Waals surface area contributed by atoms with Gasteiger partial charge in [-0.1, -0.05) is 18.2 Å². The molecule has 0 bridgehead atoms. The first kappa shape index (κ1) is 18.5. The van der Waals surface area contributed by atoms with Crippen LogP contribution >= 0.6 is 0 Å². The summed E-state index contributed by atoms with van der Waals surface area (Å²) in [6.45, 7) is 4.11. The average Bonchev–Trinajstić information content (AvgIpc) is 3.35. The van der Waals surface area contributed by atoms with Gasteiger partial charge in [0, 0.05) is 19.5 Å². The number of para-hydroxylation sites is 1. The number of carbonyl (C=O) groups is 2. The van der Waals surface area contributed by atoms with Crippen LogP contribution in [0.4, 0.5) is 0 Å². The molecule has 148 valence electrons. The standard InChI is InChI=1S/C20H23N3O5/c1-14-18(27-13-21-14)20(25)23-12-16(28-15-5-3-2-4-6-15)11-17(23)19(24)22-7-9-26-10-8-22/h2-6,13,16-17H,7-12H2,1H3/t16-,17-/m0/s1. The minimum Gasteiger partial charge on any atom is -0.488 e. The van der Waals surface area contributed by atoms with E-state index in [9.17, 15) is 9.59 Å². The Labute approximate surface area is 163 Å². The molecule has 2 atom stereocenters. The molecule has 2 amide bonds. The Morgan fingerprint density at radius 3 is 2.61 bits per heavy atom.